The highest BCUT2D eigenvalue weighted by Crippen LogP contribution is 2.36. The van der Waals surface area contributed by atoms with Gasteiger partial charge in [0.05, 0.1) is 11.3 Å². The van der Waals surface area contributed by atoms with Gasteiger partial charge in [0.1, 0.15) is 17.1 Å². The monoisotopic (exact) mass is 357 g/mol. The molecule has 0 unspecified atom stereocenters. The number of carbonyl (C=O) groups is 1. The highest BCUT2D eigenvalue weighted by Gasteiger charge is 2.35. The Labute approximate surface area is 142 Å². The molecule has 0 spiro atoms. The predicted octanol–water partition coefficient (Wildman–Crippen LogP) is 3.35. The lowest BCUT2D eigenvalue weighted by Crippen LogP contribution is -2.36. The van der Waals surface area contributed by atoms with Gasteiger partial charge in [0.25, 0.3) is 0 Å². The van der Waals surface area contributed by atoms with Crippen molar-refractivity contribution in [3.63, 3.8) is 0 Å². The highest BCUT2D eigenvalue weighted by molar-refractivity contribution is 5.70. The number of aryl methyl sites for hydroxylation is 1. The highest BCUT2D eigenvalue weighted by atomic mass is 19.4. The van der Waals surface area contributed by atoms with Gasteiger partial charge >= 0.3 is 12.3 Å². The smallest absolute Gasteiger partial charge is 0.426 e. The summed E-state index contributed by atoms with van der Waals surface area (Å²) in [6.07, 6.45) is -3.99. The summed E-state index contributed by atoms with van der Waals surface area (Å²) in [5, 5.41) is 3.86. The van der Waals surface area contributed by atoms with Crippen molar-refractivity contribution in [2.24, 2.45) is 7.05 Å². The maximum Gasteiger partial charge on any atom is 0.426 e. The van der Waals surface area contributed by atoms with E-state index in [0.717, 1.165) is 12.1 Å². The van der Waals surface area contributed by atoms with Crippen LogP contribution in [0.2, 0.25) is 0 Å². The number of amides is 1. The Morgan fingerprint density at radius 2 is 1.88 bits per heavy atom. The van der Waals surface area contributed by atoms with E-state index in [9.17, 15) is 18.0 Å². The Bertz CT molecular complexity index is 765. The topological polar surface area (TPSA) is 81.1 Å². The molecule has 0 saturated heterocycles. The van der Waals surface area contributed by atoms with Crippen LogP contribution in [0.1, 0.15) is 26.3 Å². The van der Waals surface area contributed by atoms with Gasteiger partial charge in [0, 0.05) is 13.2 Å². The molecule has 0 saturated carbocycles. The molecule has 0 aliphatic rings. The molecule has 2 rings (SSSR count). The second-order valence-electron chi connectivity index (χ2n) is 6.18. The number of hydrogen-bond donors (Lipinski definition) is 2. The first-order chi connectivity index (χ1) is 11.5. The summed E-state index contributed by atoms with van der Waals surface area (Å²) in [5.41, 5.74) is 2.93. The summed E-state index contributed by atoms with van der Waals surface area (Å²) < 4.78 is 46.0. The van der Waals surface area contributed by atoms with Gasteiger partial charge in [0.2, 0.25) is 0 Å². The number of hydrazine groups is 1. The SMILES string of the molecule is Cn1nccc1-c1nc(NNC(=O)OC(C)(C)C)ccc1C(F)(F)F. The van der Waals surface area contributed by atoms with Gasteiger partial charge < -0.3 is 4.74 Å². The molecule has 0 bridgehead atoms. The first kappa shape index (κ1) is 18.6. The van der Waals surface area contributed by atoms with Crippen LogP contribution in [0, 0.1) is 0 Å². The lowest BCUT2D eigenvalue weighted by Gasteiger charge is -2.20. The average Bonchev–Trinajstić information content (AvgIpc) is 2.88. The van der Waals surface area contributed by atoms with Gasteiger partial charge in [-0.25, -0.2) is 15.2 Å². The number of carbonyl (C=O) groups excluding carboxylic acids is 1. The molecule has 0 fully saturated rings. The molecular formula is C15H18F3N5O2. The van der Waals surface area contributed by atoms with Gasteiger partial charge in [-0.15, -0.1) is 0 Å². The summed E-state index contributed by atoms with van der Waals surface area (Å²) in [6, 6.07) is 3.41. The van der Waals surface area contributed by atoms with Crippen molar-refractivity contribution in [2.75, 3.05) is 5.43 Å². The zero-order chi connectivity index (χ0) is 18.8. The van der Waals surface area contributed by atoms with Crippen LogP contribution in [0.25, 0.3) is 11.4 Å². The molecule has 10 heteroatoms. The van der Waals surface area contributed by atoms with E-state index in [-0.39, 0.29) is 17.2 Å². The van der Waals surface area contributed by atoms with Crippen LogP contribution < -0.4 is 10.9 Å². The lowest BCUT2D eigenvalue weighted by molar-refractivity contribution is -0.137. The van der Waals surface area contributed by atoms with Crippen LogP contribution in [0.4, 0.5) is 23.8 Å². The van der Waals surface area contributed by atoms with E-state index in [2.05, 4.69) is 20.9 Å². The zero-order valence-corrected chi connectivity index (χ0v) is 14.1. The van der Waals surface area contributed by atoms with Gasteiger partial charge in [-0.3, -0.25) is 10.1 Å². The van der Waals surface area contributed by atoms with Crippen molar-refractivity contribution in [3.05, 3.63) is 30.0 Å². The van der Waals surface area contributed by atoms with Crippen LogP contribution in [0.15, 0.2) is 24.4 Å². The molecule has 2 aromatic heterocycles. The molecule has 136 valence electrons. The molecule has 0 aromatic carbocycles. The summed E-state index contributed by atoms with van der Waals surface area (Å²) in [5.74, 6) is 0.0232. The third-order valence-corrected chi connectivity index (χ3v) is 2.96. The molecule has 25 heavy (non-hydrogen) atoms. The number of pyridine rings is 1. The average molecular weight is 357 g/mol. The van der Waals surface area contributed by atoms with Crippen LogP contribution in [-0.4, -0.2) is 26.5 Å². The Morgan fingerprint density at radius 1 is 1.20 bits per heavy atom. The Balaban J connectivity index is 2.28. The first-order valence-corrected chi connectivity index (χ1v) is 7.29. The summed E-state index contributed by atoms with van der Waals surface area (Å²) >= 11 is 0. The molecule has 0 aliphatic heterocycles. The minimum Gasteiger partial charge on any atom is -0.443 e. The number of ether oxygens (including phenoxy) is 1. The minimum atomic E-state index is -4.58. The molecule has 2 N–H and O–H groups in total. The summed E-state index contributed by atoms with van der Waals surface area (Å²) in [7, 11) is 1.51. The Morgan fingerprint density at radius 3 is 2.40 bits per heavy atom. The van der Waals surface area contributed by atoms with E-state index in [4.69, 9.17) is 4.74 Å². The number of aromatic nitrogens is 3. The van der Waals surface area contributed by atoms with Gasteiger partial charge in [-0.2, -0.15) is 18.3 Å². The largest absolute Gasteiger partial charge is 0.443 e. The van der Waals surface area contributed by atoms with Gasteiger partial charge in [-0.05, 0) is 39.0 Å². The summed E-state index contributed by atoms with van der Waals surface area (Å²) in [4.78, 5) is 15.6. The van der Waals surface area contributed by atoms with E-state index in [1.54, 1.807) is 20.8 Å². The van der Waals surface area contributed by atoms with Crippen LogP contribution >= 0.6 is 0 Å². The maximum atomic E-state index is 13.2. The number of nitrogens with zero attached hydrogens (tertiary/aromatic N) is 3. The van der Waals surface area contributed by atoms with E-state index in [0.29, 0.717) is 0 Å². The number of anilines is 1. The van der Waals surface area contributed by atoms with Crippen molar-refractivity contribution in [2.45, 2.75) is 32.5 Å². The second-order valence-corrected chi connectivity index (χ2v) is 6.18. The van der Waals surface area contributed by atoms with Crippen molar-refractivity contribution in [1.82, 2.24) is 20.2 Å². The van der Waals surface area contributed by atoms with E-state index in [1.807, 2.05) is 0 Å². The maximum absolute atomic E-state index is 13.2. The number of rotatable bonds is 3. The Hall–Kier alpha value is -2.78. The van der Waals surface area contributed by atoms with Gasteiger partial charge in [-0.1, -0.05) is 0 Å². The standard InChI is InChI=1S/C15H18F3N5O2/c1-14(2,3)25-13(24)22-21-11-6-5-9(15(16,17)18)12(20-11)10-7-8-19-23(10)4/h5-8H,1-4H3,(H,20,21)(H,22,24). The molecule has 2 aromatic rings. The van der Waals surface area contributed by atoms with E-state index >= 15 is 0 Å². The fourth-order valence-corrected chi connectivity index (χ4v) is 1.98. The fourth-order valence-electron chi connectivity index (χ4n) is 1.98. The molecule has 1 amide bonds. The molecule has 0 aliphatic carbocycles. The second kappa shape index (κ2) is 6.61. The quantitative estimate of drug-likeness (QED) is 0.824. The molecule has 0 atom stereocenters. The molecule has 0 radical (unpaired) electrons. The normalized spacial score (nSPS) is 12.0. The van der Waals surface area contributed by atoms with Crippen molar-refractivity contribution >= 4 is 11.9 Å². The van der Waals surface area contributed by atoms with E-state index in [1.165, 1.54) is 24.0 Å². The fraction of sp³-hybridized carbons (Fsp3) is 0.400. The predicted molar refractivity (Wildman–Crippen MR) is 84.4 cm³/mol. The summed E-state index contributed by atoms with van der Waals surface area (Å²) in [6.45, 7) is 5.05. The first-order valence-electron chi connectivity index (χ1n) is 7.29. The van der Waals surface area contributed by atoms with Gasteiger partial charge in [0.15, 0.2) is 0 Å². The van der Waals surface area contributed by atoms with Crippen LogP contribution in [0.5, 0.6) is 0 Å². The van der Waals surface area contributed by atoms with Crippen LogP contribution in [0.3, 0.4) is 0 Å². The van der Waals surface area contributed by atoms with Crippen LogP contribution in [-0.2, 0) is 18.0 Å². The molecular weight excluding hydrogens is 339 g/mol. The zero-order valence-electron chi connectivity index (χ0n) is 14.1. The van der Waals surface area contributed by atoms with Crippen molar-refractivity contribution in [1.29, 1.82) is 0 Å². The minimum absolute atomic E-state index is 0.0232. The van der Waals surface area contributed by atoms with Crippen molar-refractivity contribution in [3.8, 4) is 11.4 Å². The molecule has 2 heterocycles. The number of alkyl halides is 3. The number of halogens is 3. The third kappa shape index (κ3) is 4.85. The molecule has 7 nitrogen and oxygen atoms in total. The Kier molecular flexibility index (Phi) is 4.91. The van der Waals surface area contributed by atoms with E-state index < -0.39 is 23.4 Å². The number of nitrogens with one attached hydrogen (secondary N) is 2. The van der Waals surface area contributed by atoms with Crippen molar-refractivity contribution < 1.29 is 22.7 Å². The lowest BCUT2D eigenvalue weighted by atomic mass is 10.1. The third-order valence-electron chi connectivity index (χ3n) is 2.96. The number of hydrogen-bond acceptors (Lipinski definition) is 5.